The molecule has 1 aromatic heterocycles. The van der Waals surface area contributed by atoms with Gasteiger partial charge in [-0.15, -0.1) is 0 Å². The fraction of sp³-hybridized carbons (Fsp3) is 0.0526. The Morgan fingerprint density at radius 2 is 1.79 bits per heavy atom. The SMILES string of the molecule is Cc1cccc(NC(=O)c2cccnc2Nc2cccc(F)c2)c1. The van der Waals surface area contributed by atoms with Gasteiger partial charge >= 0.3 is 0 Å². The molecule has 3 rings (SSSR count). The second-order valence-corrected chi connectivity index (χ2v) is 5.36. The first kappa shape index (κ1) is 15.7. The third kappa shape index (κ3) is 3.76. The first-order valence-electron chi connectivity index (χ1n) is 7.47. The van der Waals surface area contributed by atoms with E-state index in [2.05, 4.69) is 15.6 Å². The van der Waals surface area contributed by atoms with Crippen LogP contribution in [0.3, 0.4) is 0 Å². The molecule has 5 heteroatoms. The molecule has 1 amide bonds. The highest BCUT2D eigenvalue weighted by Gasteiger charge is 2.13. The van der Waals surface area contributed by atoms with E-state index in [9.17, 15) is 9.18 Å². The summed E-state index contributed by atoms with van der Waals surface area (Å²) < 4.78 is 13.3. The normalized spacial score (nSPS) is 10.2. The molecule has 120 valence electrons. The highest BCUT2D eigenvalue weighted by Crippen LogP contribution is 2.20. The Balaban J connectivity index is 1.84. The number of hydrogen-bond acceptors (Lipinski definition) is 3. The first-order chi connectivity index (χ1) is 11.6. The lowest BCUT2D eigenvalue weighted by atomic mass is 10.2. The Morgan fingerprint density at radius 1 is 1.00 bits per heavy atom. The van der Waals surface area contributed by atoms with Crippen molar-refractivity contribution < 1.29 is 9.18 Å². The monoisotopic (exact) mass is 321 g/mol. The maximum Gasteiger partial charge on any atom is 0.259 e. The van der Waals surface area contributed by atoms with Crippen LogP contribution in [0.25, 0.3) is 0 Å². The average Bonchev–Trinajstić information content (AvgIpc) is 2.55. The lowest BCUT2D eigenvalue weighted by molar-refractivity contribution is 0.102. The summed E-state index contributed by atoms with van der Waals surface area (Å²) in [5.74, 6) is -0.275. The molecule has 0 bridgehead atoms. The molecule has 3 aromatic rings. The summed E-state index contributed by atoms with van der Waals surface area (Å²) in [4.78, 5) is 16.7. The molecule has 2 N–H and O–H groups in total. The topological polar surface area (TPSA) is 54.0 Å². The van der Waals surface area contributed by atoms with Crippen molar-refractivity contribution in [2.75, 3.05) is 10.6 Å². The van der Waals surface area contributed by atoms with Crippen molar-refractivity contribution >= 4 is 23.1 Å². The summed E-state index contributed by atoms with van der Waals surface area (Å²) in [5, 5.41) is 5.82. The Morgan fingerprint density at radius 3 is 2.58 bits per heavy atom. The molecule has 0 aliphatic heterocycles. The fourth-order valence-corrected chi connectivity index (χ4v) is 2.31. The molecule has 0 unspecified atom stereocenters. The zero-order valence-electron chi connectivity index (χ0n) is 13.1. The van der Waals surface area contributed by atoms with Gasteiger partial charge in [-0.3, -0.25) is 4.79 Å². The Kier molecular flexibility index (Phi) is 4.52. The predicted octanol–water partition coefficient (Wildman–Crippen LogP) is 4.53. The van der Waals surface area contributed by atoms with Crippen molar-refractivity contribution in [1.29, 1.82) is 0 Å². The van der Waals surface area contributed by atoms with Crippen LogP contribution in [0.4, 0.5) is 21.6 Å². The first-order valence-corrected chi connectivity index (χ1v) is 7.47. The lowest BCUT2D eigenvalue weighted by Crippen LogP contribution is -2.14. The minimum absolute atomic E-state index is 0.285. The van der Waals surface area contributed by atoms with Gasteiger partial charge in [0.05, 0.1) is 5.56 Å². The Labute approximate surface area is 139 Å². The number of benzene rings is 2. The van der Waals surface area contributed by atoms with Gasteiger partial charge in [-0.05, 0) is 55.0 Å². The van der Waals surface area contributed by atoms with Crippen molar-refractivity contribution in [3.63, 3.8) is 0 Å². The number of amides is 1. The standard InChI is InChI=1S/C19H16FN3O/c1-13-5-2-7-15(11-13)23-19(24)17-9-4-10-21-18(17)22-16-8-3-6-14(20)12-16/h2-12H,1H3,(H,21,22)(H,23,24). The largest absolute Gasteiger partial charge is 0.339 e. The molecule has 2 aromatic carbocycles. The zero-order valence-corrected chi connectivity index (χ0v) is 13.1. The summed E-state index contributed by atoms with van der Waals surface area (Å²) in [6.45, 7) is 1.96. The molecular weight excluding hydrogens is 305 g/mol. The zero-order chi connectivity index (χ0) is 16.9. The third-order valence-corrected chi connectivity index (χ3v) is 3.42. The summed E-state index contributed by atoms with van der Waals surface area (Å²) in [7, 11) is 0. The van der Waals surface area contributed by atoms with Gasteiger partial charge in [-0.25, -0.2) is 9.37 Å². The number of anilines is 3. The molecule has 0 aliphatic rings. The molecule has 0 atom stereocenters. The van der Waals surface area contributed by atoms with E-state index in [1.165, 1.54) is 12.1 Å². The summed E-state index contributed by atoms with van der Waals surface area (Å²) in [6, 6.07) is 16.9. The molecule has 24 heavy (non-hydrogen) atoms. The van der Waals surface area contributed by atoms with Gasteiger partial charge in [-0.1, -0.05) is 18.2 Å². The van der Waals surface area contributed by atoms with Crippen LogP contribution in [0.1, 0.15) is 15.9 Å². The van der Waals surface area contributed by atoms with Crippen molar-refractivity contribution in [3.8, 4) is 0 Å². The smallest absolute Gasteiger partial charge is 0.259 e. The van der Waals surface area contributed by atoms with Gasteiger partial charge < -0.3 is 10.6 Å². The van der Waals surface area contributed by atoms with E-state index in [1.54, 1.807) is 30.5 Å². The van der Waals surface area contributed by atoms with E-state index in [0.717, 1.165) is 5.56 Å². The number of aryl methyl sites for hydroxylation is 1. The highest BCUT2D eigenvalue weighted by molar-refractivity contribution is 6.07. The molecule has 0 radical (unpaired) electrons. The van der Waals surface area contributed by atoms with Crippen LogP contribution in [0.5, 0.6) is 0 Å². The number of rotatable bonds is 4. The van der Waals surface area contributed by atoms with E-state index >= 15 is 0 Å². The van der Waals surface area contributed by atoms with Gasteiger partial charge in [0.25, 0.3) is 5.91 Å². The Bertz CT molecular complexity index is 880. The quantitative estimate of drug-likeness (QED) is 0.742. The Hall–Kier alpha value is -3.21. The molecular formula is C19H16FN3O. The lowest BCUT2D eigenvalue weighted by Gasteiger charge is -2.11. The summed E-state index contributed by atoms with van der Waals surface area (Å²) >= 11 is 0. The molecule has 0 fully saturated rings. The van der Waals surface area contributed by atoms with Gasteiger partial charge in [0.2, 0.25) is 0 Å². The second-order valence-electron chi connectivity index (χ2n) is 5.36. The van der Waals surface area contributed by atoms with Crippen molar-refractivity contribution in [3.05, 3.63) is 83.8 Å². The molecule has 1 heterocycles. The molecule has 0 aliphatic carbocycles. The van der Waals surface area contributed by atoms with Crippen LogP contribution < -0.4 is 10.6 Å². The van der Waals surface area contributed by atoms with Gasteiger partial charge in [0.1, 0.15) is 11.6 Å². The van der Waals surface area contributed by atoms with Crippen LogP contribution in [-0.2, 0) is 0 Å². The third-order valence-electron chi connectivity index (χ3n) is 3.42. The molecule has 4 nitrogen and oxygen atoms in total. The van der Waals surface area contributed by atoms with E-state index in [4.69, 9.17) is 0 Å². The predicted molar refractivity (Wildman–Crippen MR) is 93.1 cm³/mol. The summed E-state index contributed by atoms with van der Waals surface area (Å²) in [5.41, 5.74) is 2.67. The van der Waals surface area contributed by atoms with E-state index in [-0.39, 0.29) is 11.7 Å². The van der Waals surface area contributed by atoms with Crippen molar-refractivity contribution in [1.82, 2.24) is 4.98 Å². The molecule has 0 saturated carbocycles. The minimum atomic E-state index is -0.360. The van der Waals surface area contributed by atoms with Crippen LogP contribution in [-0.4, -0.2) is 10.9 Å². The fourth-order valence-electron chi connectivity index (χ4n) is 2.31. The highest BCUT2D eigenvalue weighted by atomic mass is 19.1. The van der Waals surface area contributed by atoms with Crippen LogP contribution in [0.15, 0.2) is 66.9 Å². The van der Waals surface area contributed by atoms with Gasteiger partial charge in [0, 0.05) is 17.6 Å². The minimum Gasteiger partial charge on any atom is -0.339 e. The van der Waals surface area contributed by atoms with E-state index < -0.39 is 0 Å². The molecule has 0 saturated heterocycles. The number of pyridine rings is 1. The number of nitrogens with one attached hydrogen (secondary N) is 2. The number of halogens is 1. The van der Waals surface area contributed by atoms with Crippen molar-refractivity contribution in [2.45, 2.75) is 6.92 Å². The van der Waals surface area contributed by atoms with E-state index in [1.807, 2.05) is 31.2 Å². The van der Waals surface area contributed by atoms with E-state index in [0.29, 0.717) is 22.8 Å². The van der Waals surface area contributed by atoms with Gasteiger partial charge in [-0.2, -0.15) is 0 Å². The number of aromatic nitrogens is 1. The van der Waals surface area contributed by atoms with Crippen LogP contribution in [0, 0.1) is 12.7 Å². The number of carbonyl (C=O) groups excluding carboxylic acids is 1. The van der Waals surface area contributed by atoms with Gasteiger partial charge in [0.15, 0.2) is 0 Å². The number of carbonyl (C=O) groups is 1. The summed E-state index contributed by atoms with van der Waals surface area (Å²) in [6.07, 6.45) is 1.57. The number of hydrogen-bond donors (Lipinski definition) is 2. The van der Waals surface area contributed by atoms with Crippen LogP contribution in [0.2, 0.25) is 0 Å². The van der Waals surface area contributed by atoms with Crippen molar-refractivity contribution in [2.24, 2.45) is 0 Å². The maximum absolute atomic E-state index is 13.3. The maximum atomic E-state index is 13.3. The molecule has 0 spiro atoms. The van der Waals surface area contributed by atoms with Crippen LogP contribution >= 0.6 is 0 Å². The number of nitrogens with zero attached hydrogens (tertiary/aromatic N) is 1. The average molecular weight is 321 g/mol. The second kappa shape index (κ2) is 6.91.